The van der Waals surface area contributed by atoms with Crippen LogP contribution in [0.25, 0.3) is 0 Å². The van der Waals surface area contributed by atoms with E-state index in [4.69, 9.17) is 0 Å². The molecule has 0 aliphatic rings. The molecule has 0 aromatic rings. The van der Waals surface area contributed by atoms with E-state index >= 15 is 0 Å². The van der Waals surface area contributed by atoms with E-state index in [9.17, 15) is 0 Å². The maximum absolute atomic E-state index is 3.48. The summed E-state index contributed by atoms with van der Waals surface area (Å²) in [5.74, 6) is 0. The lowest BCUT2D eigenvalue weighted by molar-refractivity contribution is 0.410. The smallest absolute Gasteiger partial charge is 0.0190 e. The Morgan fingerprint density at radius 3 is 1.38 bits per heavy atom. The van der Waals surface area contributed by atoms with E-state index in [-0.39, 0.29) is 12.4 Å². The molecule has 0 aromatic heterocycles. The minimum atomic E-state index is 0. The van der Waals surface area contributed by atoms with Crippen LogP contribution in [0.3, 0.4) is 0 Å². The standard InChI is InChI=1S/C10H24N2.ClH/c1-5-7-11-9(3)10(4)12-8-6-2;/h9-12H,5-8H2,1-4H3;1H. The molecule has 3 heteroatoms. The maximum Gasteiger partial charge on any atom is 0.0190 e. The molecule has 0 bridgehead atoms. The SMILES string of the molecule is CCCNC(C)C(C)NCCC.Cl. The highest BCUT2D eigenvalue weighted by molar-refractivity contribution is 5.85. The van der Waals surface area contributed by atoms with Gasteiger partial charge in [0.25, 0.3) is 0 Å². The molecule has 0 aromatic carbocycles. The van der Waals surface area contributed by atoms with Crippen molar-refractivity contribution in [1.82, 2.24) is 10.6 Å². The minimum absolute atomic E-state index is 0. The van der Waals surface area contributed by atoms with Gasteiger partial charge >= 0.3 is 0 Å². The first-order chi connectivity index (χ1) is 5.72. The number of rotatable bonds is 7. The molecule has 0 spiro atoms. The summed E-state index contributed by atoms with van der Waals surface area (Å²) in [6, 6.07) is 1.16. The van der Waals surface area contributed by atoms with Gasteiger partial charge in [-0.2, -0.15) is 0 Å². The van der Waals surface area contributed by atoms with Crippen LogP contribution in [0.4, 0.5) is 0 Å². The van der Waals surface area contributed by atoms with Crippen LogP contribution in [0.15, 0.2) is 0 Å². The molecular formula is C10H25ClN2. The second-order valence-corrected chi connectivity index (χ2v) is 3.49. The Morgan fingerprint density at radius 2 is 1.15 bits per heavy atom. The molecule has 2 N–H and O–H groups in total. The highest BCUT2D eigenvalue weighted by Crippen LogP contribution is 1.91. The van der Waals surface area contributed by atoms with Crippen molar-refractivity contribution in [3.05, 3.63) is 0 Å². The van der Waals surface area contributed by atoms with Gasteiger partial charge in [0.15, 0.2) is 0 Å². The van der Waals surface area contributed by atoms with Gasteiger partial charge in [0.2, 0.25) is 0 Å². The number of halogens is 1. The molecule has 13 heavy (non-hydrogen) atoms. The lowest BCUT2D eigenvalue weighted by atomic mass is 10.1. The van der Waals surface area contributed by atoms with Gasteiger partial charge in [0.05, 0.1) is 0 Å². The molecular weight excluding hydrogens is 184 g/mol. The largest absolute Gasteiger partial charge is 0.313 e. The molecule has 2 unspecified atom stereocenters. The van der Waals surface area contributed by atoms with E-state index in [0.29, 0.717) is 12.1 Å². The fourth-order valence-corrected chi connectivity index (χ4v) is 1.10. The summed E-state index contributed by atoms with van der Waals surface area (Å²) < 4.78 is 0. The van der Waals surface area contributed by atoms with E-state index in [2.05, 4.69) is 38.3 Å². The molecule has 0 radical (unpaired) electrons. The first kappa shape index (κ1) is 15.7. The van der Waals surface area contributed by atoms with Crippen LogP contribution in [0.1, 0.15) is 40.5 Å². The predicted octanol–water partition coefficient (Wildman–Crippen LogP) is 2.18. The van der Waals surface area contributed by atoms with Gasteiger partial charge in [0, 0.05) is 12.1 Å². The molecule has 0 saturated carbocycles. The zero-order chi connectivity index (χ0) is 9.40. The van der Waals surface area contributed by atoms with E-state index < -0.39 is 0 Å². The number of nitrogens with one attached hydrogen (secondary N) is 2. The van der Waals surface area contributed by atoms with Crippen molar-refractivity contribution >= 4 is 12.4 Å². The van der Waals surface area contributed by atoms with E-state index in [1.54, 1.807) is 0 Å². The van der Waals surface area contributed by atoms with Crippen LogP contribution in [0.2, 0.25) is 0 Å². The molecule has 0 aliphatic carbocycles. The zero-order valence-electron chi connectivity index (χ0n) is 9.39. The van der Waals surface area contributed by atoms with Crippen molar-refractivity contribution in [1.29, 1.82) is 0 Å². The van der Waals surface area contributed by atoms with Crippen molar-refractivity contribution in [2.45, 2.75) is 52.6 Å². The Bertz CT molecular complexity index is 86.9. The molecule has 2 atom stereocenters. The Labute approximate surface area is 89.3 Å². The molecule has 0 saturated heterocycles. The topological polar surface area (TPSA) is 24.1 Å². The first-order valence-corrected chi connectivity index (χ1v) is 5.19. The van der Waals surface area contributed by atoms with E-state index in [0.717, 1.165) is 13.1 Å². The summed E-state index contributed by atoms with van der Waals surface area (Å²) in [7, 11) is 0. The van der Waals surface area contributed by atoms with Crippen molar-refractivity contribution in [3.8, 4) is 0 Å². The maximum atomic E-state index is 3.48. The van der Waals surface area contributed by atoms with Crippen LogP contribution < -0.4 is 10.6 Å². The van der Waals surface area contributed by atoms with Crippen LogP contribution in [-0.4, -0.2) is 25.2 Å². The molecule has 0 rings (SSSR count). The van der Waals surface area contributed by atoms with Crippen LogP contribution in [-0.2, 0) is 0 Å². The van der Waals surface area contributed by atoms with Gasteiger partial charge in [-0.3, -0.25) is 0 Å². The molecule has 0 heterocycles. The molecule has 0 amide bonds. The van der Waals surface area contributed by atoms with Gasteiger partial charge in [-0.25, -0.2) is 0 Å². The van der Waals surface area contributed by atoms with Crippen molar-refractivity contribution in [3.63, 3.8) is 0 Å². The third-order valence-corrected chi connectivity index (χ3v) is 2.18. The normalized spacial score (nSPS) is 14.8. The quantitative estimate of drug-likeness (QED) is 0.671. The second-order valence-electron chi connectivity index (χ2n) is 3.49. The number of hydrogen-bond donors (Lipinski definition) is 2. The number of hydrogen-bond acceptors (Lipinski definition) is 2. The van der Waals surface area contributed by atoms with E-state index in [1.165, 1.54) is 12.8 Å². The van der Waals surface area contributed by atoms with Crippen LogP contribution in [0.5, 0.6) is 0 Å². The lowest BCUT2D eigenvalue weighted by Gasteiger charge is -2.22. The summed E-state index contributed by atoms with van der Waals surface area (Å²) in [5.41, 5.74) is 0. The minimum Gasteiger partial charge on any atom is -0.313 e. The summed E-state index contributed by atoms with van der Waals surface area (Å²) in [6.45, 7) is 11.1. The van der Waals surface area contributed by atoms with Crippen molar-refractivity contribution in [2.24, 2.45) is 0 Å². The van der Waals surface area contributed by atoms with E-state index in [1.807, 2.05) is 0 Å². The monoisotopic (exact) mass is 208 g/mol. The van der Waals surface area contributed by atoms with Crippen LogP contribution >= 0.6 is 12.4 Å². The van der Waals surface area contributed by atoms with Crippen molar-refractivity contribution < 1.29 is 0 Å². The van der Waals surface area contributed by atoms with Crippen LogP contribution in [0, 0.1) is 0 Å². The average Bonchev–Trinajstić information content (AvgIpc) is 2.10. The average molecular weight is 209 g/mol. The second kappa shape index (κ2) is 10.3. The third-order valence-electron chi connectivity index (χ3n) is 2.18. The highest BCUT2D eigenvalue weighted by Gasteiger charge is 2.08. The zero-order valence-corrected chi connectivity index (χ0v) is 10.2. The predicted molar refractivity (Wildman–Crippen MR) is 62.8 cm³/mol. The Hall–Kier alpha value is 0.210. The Balaban J connectivity index is 0. The molecule has 2 nitrogen and oxygen atoms in total. The molecule has 82 valence electrons. The fraction of sp³-hybridized carbons (Fsp3) is 1.00. The fourth-order valence-electron chi connectivity index (χ4n) is 1.10. The summed E-state index contributed by atoms with van der Waals surface area (Å²) in [5, 5.41) is 6.96. The Morgan fingerprint density at radius 1 is 0.846 bits per heavy atom. The summed E-state index contributed by atoms with van der Waals surface area (Å²) >= 11 is 0. The van der Waals surface area contributed by atoms with Gasteiger partial charge in [-0.1, -0.05) is 13.8 Å². The van der Waals surface area contributed by atoms with Gasteiger partial charge in [-0.15, -0.1) is 12.4 Å². The lowest BCUT2D eigenvalue weighted by Crippen LogP contribution is -2.44. The van der Waals surface area contributed by atoms with Gasteiger partial charge < -0.3 is 10.6 Å². The van der Waals surface area contributed by atoms with Gasteiger partial charge in [0.1, 0.15) is 0 Å². The third kappa shape index (κ3) is 8.54. The van der Waals surface area contributed by atoms with Crippen molar-refractivity contribution in [2.75, 3.05) is 13.1 Å². The molecule has 0 fully saturated rings. The highest BCUT2D eigenvalue weighted by atomic mass is 35.5. The summed E-state index contributed by atoms with van der Waals surface area (Å²) in [4.78, 5) is 0. The molecule has 0 aliphatic heterocycles. The summed E-state index contributed by atoms with van der Waals surface area (Å²) in [6.07, 6.45) is 2.43. The Kier molecular flexibility index (Phi) is 12.4. The first-order valence-electron chi connectivity index (χ1n) is 5.19. The van der Waals surface area contributed by atoms with Gasteiger partial charge in [-0.05, 0) is 39.8 Å².